The van der Waals surface area contributed by atoms with Crippen molar-refractivity contribution in [1.82, 2.24) is 8.80 Å². The molecule has 0 spiro atoms. The Bertz CT molecular complexity index is 3540. The number of hydrogen-bond acceptors (Lipinski definition) is 2. The van der Waals surface area contributed by atoms with E-state index in [4.69, 9.17) is 8.83 Å². The average molecular weight is 741 g/mol. The number of nitrogens with zero attached hydrogens (tertiary/aromatic N) is 2. The quantitative estimate of drug-likeness (QED) is 0.168. The van der Waals surface area contributed by atoms with E-state index in [-0.39, 0.29) is 0 Å². The molecule has 0 fully saturated rings. The highest BCUT2D eigenvalue weighted by Gasteiger charge is 2.29. The fraction of sp³-hybridized carbons (Fsp3) is 0. The van der Waals surface area contributed by atoms with Crippen LogP contribution in [0.1, 0.15) is 0 Å². The lowest BCUT2D eigenvalue weighted by molar-refractivity contribution is 0.654. The van der Waals surface area contributed by atoms with E-state index in [0.29, 0.717) is 0 Å². The van der Waals surface area contributed by atoms with Crippen molar-refractivity contribution in [2.75, 3.05) is 0 Å². The van der Waals surface area contributed by atoms with Gasteiger partial charge in [-0.15, -0.1) is 0 Å². The Morgan fingerprint density at radius 1 is 0.259 bits per heavy atom. The summed E-state index contributed by atoms with van der Waals surface area (Å²) >= 11 is 0. The molecule has 0 amide bonds. The van der Waals surface area contributed by atoms with Gasteiger partial charge in [0.15, 0.2) is 22.3 Å². The van der Waals surface area contributed by atoms with Crippen LogP contribution in [0.4, 0.5) is 0 Å². The fourth-order valence-electron chi connectivity index (χ4n) is 9.73. The number of hydrogen-bond donors (Lipinski definition) is 0. The van der Waals surface area contributed by atoms with Gasteiger partial charge in [-0.05, 0) is 57.6 Å². The minimum Gasteiger partial charge on any atom is -0.452 e. The molecule has 270 valence electrons. The minimum atomic E-state index is 0.838. The van der Waals surface area contributed by atoms with Crippen LogP contribution in [0.3, 0.4) is 0 Å². The molecule has 0 saturated carbocycles. The van der Waals surface area contributed by atoms with Crippen LogP contribution >= 0.6 is 0 Å². The summed E-state index contributed by atoms with van der Waals surface area (Å²) in [6.07, 6.45) is 0. The zero-order valence-electron chi connectivity index (χ0n) is 31.2. The molecule has 9 aromatic carbocycles. The van der Waals surface area contributed by atoms with Gasteiger partial charge in [0.1, 0.15) is 11.0 Å². The summed E-state index contributed by atoms with van der Waals surface area (Å²) in [5.74, 6) is 0. The molecule has 0 atom stereocenters. The van der Waals surface area contributed by atoms with E-state index in [0.717, 1.165) is 110 Å². The Morgan fingerprint density at radius 3 is 1.05 bits per heavy atom. The second-order valence-corrected chi connectivity index (χ2v) is 15.1. The first-order valence-electron chi connectivity index (χ1n) is 19.8. The van der Waals surface area contributed by atoms with Crippen LogP contribution in [0.25, 0.3) is 121 Å². The molecule has 0 unspecified atom stereocenters. The summed E-state index contributed by atoms with van der Waals surface area (Å²) in [6, 6.07) is 69.0. The molecule has 0 aliphatic rings. The van der Waals surface area contributed by atoms with E-state index < -0.39 is 0 Å². The number of para-hydroxylation sites is 4. The van der Waals surface area contributed by atoms with Crippen LogP contribution in [-0.2, 0) is 0 Å². The molecule has 0 bridgehead atoms. The first-order chi connectivity index (χ1) is 28.8. The largest absolute Gasteiger partial charge is 0.452 e. The van der Waals surface area contributed by atoms with Gasteiger partial charge in [0.2, 0.25) is 0 Å². The Labute approximate surface area is 332 Å². The SMILES string of the molecule is c1ccc(-c2ccccc2-c2cccc3c2oc2c4c5ccccc5n5c6cccc(-c7ccccc7-c7ccccc7)c6oc(c6c7ccccc7n3c26)c45)cc1. The van der Waals surface area contributed by atoms with Crippen molar-refractivity contribution in [3.8, 4) is 44.5 Å². The normalized spacial score (nSPS) is 12.1. The van der Waals surface area contributed by atoms with Crippen LogP contribution in [0.2, 0.25) is 0 Å². The third-order valence-electron chi connectivity index (χ3n) is 12.1. The summed E-state index contributed by atoms with van der Waals surface area (Å²) in [5, 5.41) is 4.31. The van der Waals surface area contributed by atoms with E-state index in [9.17, 15) is 0 Å². The summed E-state index contributed by atoms with van der Waals surface area (Å²) in [4.78, 5) is 0. The molecular weight excluding hydrogens is 709 g/mol. The molecule has 0 aliphatic heterocycles. The molecule has 0 aliphatic carbocycles. The average Bonchev–Trinajstić information content (AvgIpc) is 3.84. The maximum atomic E-state index is 7.47. The molecule has 4 nitrogen and oxygen atoms in total. The third kappa shape index (κ3) is 4.18. The van der Waals surface area contributed by atoms with Crippen LogP contribution in [0, 0.1) is 0 Å². The van der Waals surface area contributed by atoms with Crippen molar-refractivity contribution >= 4 is 77.0 Å². The third-order valence-corrected chi connectivity index (χ3v) is 12.1. The maximum absolute atomic E-state index is 7.47. The molecule has 0 N–H and O–H groups in total. The highest BCUT2D eigenvalue weighted by Crippen LogP contribution is 2.50. The molecule has 13 rings (SSSR count). The lowest BCUT2D eigenvalue weighted by atomic mass is 9.94. The predicted molar refractivity (Wildman–Crippen MR) is 240 cm³/mol. The molecule has 0 radical (unpaired) electrons. The van der Waals surface area contributed by atoms with E-state index in [1.165, 1.54) is 11.1 Å². The zero-order chi connectivity index (χ0) is 37.9. The van der Waals surface area contributed by atoms with E-state index in [1.54, 1.807) is 0 Å². The lowest BCUT2D eigenvalue weighted by Gasteiger charge is -2.16. The molecule has 4 heterocycles. The van der Waals surface area contributed by atoms with Crippen LogP contribution in [0.5, 0.6) is 0 Å². The number of rotatable bonds is 4. The van der Waals surface area contributed by atoms with Gasteiger partial charge < -0.3 is 17.6 Å². The second-order valence-electron chi connectivity index (χ2n) is 15.1. The minimum absolute atomic E-state index is 0.838. The lowest BCUT2D eigenvalue weighted by Crippen LogP contribution is -1.95. The van der Waals surface area contributed by atoms with E-state index >= 15 is 0 Å². The van der Waals surface area contributed by atoms with Crippen LogP contribution < -0.4 is 0 Å². The molecule has 4 heteroatoms. The van der Waals surface area contributed by atoms with Crippen LogP contribution in [0.15, 0.2) is 203 Å². The Balaban J connectivity index is 1.24. The van der Waals surface area contributed by atoms with E-state index in [2.05, 4.69) is 203 Å². The molecule has 58 heavy (non-hydrogen) atoms. The summed E-state index contributed by atoms with van der Waals surface area (Å²) < 4.78 is 19.8. The summed E-state index contributed by atoms with van der Waals surface area (Å²) in [7, 11) is 0. The highest BCUT2D eigenvalue weighted by atomic mass is 16.3. The fourth-order valence-corrected chi connectivity index (χ4v) is 9.73. The monoisotopic (exact) mass is 740 g/mol. The smallest absolute Gasteiger partial charge is 0.162 e. The van der Waals surface area contributed by atoms with Gasteiger partial charge in [-0.25, -0.2) is 0 Å². The number of aromatic nitrogens is 2. The summed E-state index contributed by atoms with van der Waals surface area (Å²) in [5.41, 5.74) is 18.6. The van der Waals surface area contributed by atoms with Crippen molar-refractivity contribution in [2.24, 2.45) is 0 Å². The Morgan fingerprint density at radius 2 is 0.603 bits per heavy atom. The van der Waals surface area contributed by atoms with Crippen LogP contribution in [-0.4, -0.2) is 8.80 Å². The zero-order valence-corrected chi connectivity index (χ0v) is 31.2. The Hall–Kier alpha value is -7.82. The van der Waals surface area contributed by atoms with E-state index in [1.807, 2.05) is 0 Å². The number of benzene rings is 9. The van der Waals surface area contributed by atoms with Crippen molar-refractivity contribution in [3.05, 3.63) is 194 Å². The van der Waals surface area contributed by atoms with Gasteiger partial charge in [-0.3, -0.25) is 0 Å². The maximum Gasteiger partial charge on any atom is 0.162 e. The predicted octanol–water partition coefficient (Wildman–Crippen LogP) is 15.0. The van der Waals surface area contributed by atoms with Crippen molar-refractivity contribution in [3.63, 3.8) is 0 Å². The first-order valence-corrected chi connectivity index (χ1v) is 19.8. The molecule has 4 aromatic heterocycles. The van der Waals surface area contributed by atoms with Crippen molar-refractivity contribution in [1.29, 1.82) is 0 Å². The molecule has 13 aromatic rings. The molecule has 0 saturated heterocycles. The van der Waals surface area contributed by atoms with Gasteiger partial charge in [-0.1, -0.05) is 170 Å². The van der Waals surface area contributed by atoms with Crippen molar-refractivity contribution in [2.45, 2.75) is 0 Å². The second kappa shape index (κ2) is 11.8. The summed E-state index contributed by atoms with van der Waals surface area (Å²) in [6.45, 7) is 0. The van der Waals surface area contributed by atoms with Gasteiger partial charge >= 0.3 is 0 Å². The van der Waals surface area contributed by atoms with Gasteiger partial charge in [0, 0.05) is 21.9 Å². The van der Waals surface area contributed by atoms with Crippen molar-refractivity contribution < 1.29 is 8.83 Å². The highest BCUT2D eigenvalue weighted by molar-refractivity contribution is 6.35. The number of fused-ring (bicyclic) bond motifs is 12. The van der Waals surface area contributed by atoms with Gasteiger partial charge in [0.25, 0.3) is 0 Å². The standard InChI is InChI=1S/C54H32N2O2/c1-3-17-33(18-4-1)35-21-7-9-23-37(35)39-27-15-31-45-51(39)57-53-47-42-26-12-14-30-44(42)56-46-32-16-28-40(38-24-10-8-22-36(38)34-19-5-2-6-20-34)52(46)58-54(50(47)56)48-41-25-11-13-29-43(41)55(45)49(48)53/h1-32H. The van der Waals surface area contributed by atoms with Gasteiger partial charge in [0.05, 0.1) is 32.8 Å². The topological polar surface area (TPSA) is 35.1 Å². The first kappa shape index (κ1) is 31.4. The molecular formula is C54H32N2O2. The van der Waals surface area contributed by atoms with Gasteiger partial charge in [-0.2, -0.15) is 0 Å². The Kier molecular flexibility index (Phi) is 6.41.